The molecule has 0 saturated heterocycles. The summed E-state index contributed by atoms with van der Waals surface area (Å²) in [5.74, 6) is 5.91. The number of allylic oxidation sites excluding steroid dienone is 2. The van der Waals surface area contributed by atoms with E-state index in [1.807, 2.05) is 0 Å². The van der Waals surface area contributed by atoms with Crippen molar-refractivity contribution in [3.63, 3.8) is 0 Å². The molecule has 0 aromatic rings. The second kappa shape index (κ2) is 3.42. The van der Waals surface area contributed by atoms with Crippen molar-refractivity contribution in [2.75, 3.05) is 0 Å². The topological polar surface area (TPSA) is 0 Å². The Hall–Kier alpha value is -0.610. The van der Waals surface area contributed by atoms with Crippen molar-refractivity contribution in [3.05, 3.63) is 24.1 Å². The van der Waals surface area contributed by atoms with E-state index in [0.717, 1.165) is 6.42 Å². The van der Waals surface area contributed by atoms with Crippen LogP contribution in [0.25, 0.3) is 0 Å². The normalized spacial score (nSPS) is 22.9. The fourth-order valence-corrected chi connectivity index (χ4v) is 1.40. The lowest BCUT2D eigenvalue weighted by molar-refractivity contribution is 1.13. The van der Waals surface area contributed by atoms with E-state index >= 15 is 0 Å². The maximum absolute atomic E-state index is 3.52. The molecule has 9 heavy (non-hydrogen) atoms. The molecule has 1 aliphatic heterocycles. The molecule has 46 valence electrons. The minimum atomic E-state index is 0.489. The lowest BCUT2D eigenvalue weighted by Gasteiger charge is -1.92. The zero-order chi connectivity index (χ0) is 6.53. The third kappa shape index (κ3) is 1.99. The third-order valence-electron chi connectivity index (χ3n) is 1.04. The van der Waals surface area contributed by atoms with E-state index in [0.29, 0.717) is 5.25 Å². The molecular formula is C8H8S. The fraction of sp³-hybridized carbons (Fsp3) is 0.250. The lowest BCUT2D eigenvalue weighted by Crippen LogP contribution is -1.88. The van der Waals surface area contributed by atoms with Crippen LogP contribution in [0.1, 0.15) is 6.42 Å². The van der Waals surface area contributed by atoms with Gasteiger partial charge in [-0.25, -0.2) is 0 Å². The molecule has 0 N–H and O–H groups in total. The molecule has 0 aromatic heterocycles. The van der Waals surface area contributed by atoms with Crippen LogP contribution in [-0.2, 0) is 0 Å². The van der Waals surface area contributed by atoms with Crippen LogP contribution in [0.3, 0.4) is 0 Å². The predicted molar refractivity (Wildman–Crippen MR) is 43.1 cm³/mol. The van der Waals surface area contributed by atoms with Gasteiger partial charge in [0.1, 0.15) is 0 Å². The minimum absolute atomic E-state index is 0.489. The second-order valence-corrected chi connectivity index (χ2v) is 2.84. The van der Waals surface area contributed by atoms with Crippen LogP contribution in [0.5, 0.6) is 0 Å². The summed E-state index contributed by atoms with van der Waals surface area (Å²) in [6.07, 6.45) is 4.87. The van der Waals surface area contributed by atoms with Crippen LogP contribution in [0.2, 0.25) is 0 Å². The van der Waals surface area contributed by atoms with Gasteiger partial charge in [0.05, 0.1) is 5.25 Å². The van der Waals surface area contributed by atoms with E-state index in [9.17, 15) is 0 Å². The summed E-state index contributed by atoms with van der Waals surface area (Å²) in [5, 5.41) is 2.59. The van der Waals surface area contributed by atoms with Crippen molar-refractivity contribution in [2.45, 2.75) is 11.7 Å². The lowest BCUT2D eigenvalue weighted by atomic mass is 10.3. The van der Waals surface area contributed by atoms with Gasteiger partial charge in [0.2, 0.25) is 0 Å². The van der Waals surface area contributed by atoms with Gasteiger partial charge in [0, 0.05) is 0 Å². The molecule has 1 heterocycles. The van der Waals surface area contributed by atoms with Gasteiger partial charge in [-0.15, -0.1) is 11.8 Å². The Bertz CT molecular complexity index is 172. The van der Waals surface area contributed by atoms with Crippen molar-refractivity contribution in [3.8, 4) is 11.8 Å². The van der Waals surface area contributed by atoms with E-state index in [2.05, 4.69) is 29.9 Å². The molecule has 0 spiro atoms. The van der Waals surface area contributed by atoms with Crippen LogP contribution >= 0.6 is 11.8 Å². The average Bonchev–Trinajstić information content (AvgIpc) is 2.34. The molecule has 0 radical (unpaired) electrons. The molecule has 1 atom stereocenters. The minimum Gasteiger partial charge on any atom is -0.118 e. The van der Waals surface area contributed by atoms with Crippen molar-refractivity contribution in [2.24, 2.45) is 0 Å². The monoisotopic (exact) mass is 136 g/mol. The maximum atomic E-state index is 3.52. The van der Waals surface area contributed by atoms with E-state index in [1.165, 1.54) is 0 Å². The SMILES string of the molecule is C=CC#CC1CC=CS1. The van der Waals surface area contributed by atoms with E-state index in [4.69, 9.17) is 0 Å². The first-order valence-corrected chi connectivity index (χ1v) is 3.80. The van der Waals surface area contributed by atoms with Gasteiger partial charge in [-0.05, 0) is 17.9 Å². The maximum Gasteiger partial charge on any atom is 0.0736 e. The quantitative estimate of drug-likeness (QED) is 0.460. The highest BCUT2D eigenvalue weighted by Crippen LogP contribution is 2.22. The summed E-state index contributed by atoms with van der Waals surface area (Å²) in [4.78, 5) is 0. The Kier molecular flexibility index (Phi) is 2.48. The standard InChI is InChI=1S/C8H8S/c1-2-3-5-8-6-4-7-9-8/h2,4,7-8H,1,6H2. The van der Waals surface area contributed by atoms with Crippen LogP contribution in [-0.4, -0.2) is 5.25 Å². The van der Waals surface area contributed by atoms with Crippen LogP contribution in [0, 0.1) is 11.8 Å². The Morgan fingerprint density at radius 2 is 2.67 bits per heavy atom. The summed E-state index contributed by atoms with van der Waals surface area (Å²) < 4.78 is 0. The van der Waals surface area contributed by atoms with Crippen molar-refractivity contribution in [1.29, 1.82) is 0 Å². The summed E-state index contributed by atoms with van der Waals surface area (Å²) in [6, 6.07) is 0. The Balaban J connectivity index is 2.37. The van der Waals surface area contributed by atoms with Gasteiger partial charge in [-0.2, -0.15) is 0 Å². The molecule has 0 amide bonds. The molecule has 0 aromatic carbocycles. The third-order valence-corrected chi connectivity index (χ3v) is 2.02. The highest BCUT2D eigenvalue weighted by Gasteiger charge is 2.04. The molecule has 0 nitrogen and oxygen atoms in total. The molecule has 1 heteroatoms. The van der Waals surface area contributed by atoms with Crippen molar-refractivity contribution < 1.29 is 0 Å². The number of thioether (sulfide) groups is 1. The summed E-state index contributed by atoms with van der Waals surface area (Å²) in [5.41, 5.74) is 0. The Labute approximate surface area is 60.0 Å². The number of hydrogen-bond donors (Lipinski definition) is 0. The highest BCUT2D eigenvalue weighted by atomic mass is 32.2. The first-order valence-electron chi connectivity index (χ1n) is 2.86. The molecule has 1 rings (SSSR count). The summed E-state index contributed by atoms with van der Waals surface area (Å²) in [6.45, 7) is 3.52. The van der Waals surface area contributed by atoms with E-state index in [-0.39, 0.29) is 0 Å². The Morgan fingerprint density at radius 3 is 3.22 bits per heavy atom. The average molecular weight is 136 g/mol. The molecule has 0 fully saturated rings. The predicted octanol–water partition coefficient (Wildman–Crippen LogP) is 2.20. The largest absolute Gasteiger partial charge is 0.118 e. The van der Waals surface area contributed by atoms with Crippen molar-refractivity contribution in [1.82, 2.24) is 0 Å². The van der Waals surface area contributed by atoms with Crippen LogP contribution in [0.4, 0.5) is 0 Å². The van der Waals surface area contributed by atoms with Gasteiger partial charge >= 0.3 is 0 Å². The Morgan fingerprint density at radius 1 is 1.78 bits per heavy atom. The molecule has 1 aliphatic rings. The van der Waals surface area contributed by atoms with E-state index in [1.54, 1.807) is 17.8 Å². The fourth-order valence-electron chi connectivity index (χ4n) is 0.630. The highest BCUT2D eigenvalue weighted by molar-refractivity contribution is 8.03. The second-order valence-electron chi connectivity index (χ2n) is 1.73. The number of rotatable bonds is 0. The van der Waals surface area contributed by atoms with Crippen molar-refractivity contribution >= 4 is 11.8 Å². The molecule has 1 unspecified atom stereocenters. The van der Waals surface area contributed by atoms with Crippen LogP contribution in [0.15, 0.2) is 24.1 Å². The van der Waals surface area contributed by atoms with E-state index < -0.39 is 0 Å². The van der Waals surface area contributed by atoms with Gasteiger partial charge < -0.3 is 0 Å². The zero-order valence-electron chi connectivity index (χ0n) is 5.13. The van der Waals surface area contributed by atoms with Gasteiger partial charge in [0.25, 0.3) is 0 Å². The number of hydrogen-bond acceptors (Lipinski definition) is 1. The first kappa shape index (κ1) is 6.51. The van der Waals surface area contributed by atoms with Crippen LogP contribution < -0.4 is 0 Å². The first-order chi connectivity index (χ1) is 4.43. The summed E-state index contributed by atoms with van der Waals surface area (Å²) in [7, 11) is 0. The smallest absolute Gasteiger partial charge is 0.0736 e. The molecule has 0 bridgehead atoms. The molecular weight excluding hydrogens is 128 g/mol. The van der Waals surface area contributed by atoms with Gasteiger partial charge in [-0.1, -0.05) is 24.5 Å². The van der Waals surface area contributed by atoms with Gasteiger partial charge in [-0.3, -0.25) is 0 Å². The molecule has 0 aliphatic carbocycles. The summed E-state index contributed by atoms with van der Waals surface area (Å²) >= 11 is 1.78. The van der Waals surface area contributed by atoms with Gasteiger partial charge in [0.15, 0.2) is 0 Å². The molecule has 0 saturated carbocycles. The zero-order valence-corrected chi connectivity index (χ0v) is 5.95.